The lowest BCUT2D eigenvalue weighted by Gasteiger charge is -2.22. The number of rotatable bonds is 3. The predicted molar refractivity (Wildman–Crippen MR) is 38.2 cm³/mol. The first-order valence-corrected chi connectivity index (χ1v) is 3.66. The Balaban J connectivity index is 2.40. The Morgan fingerprint density at radius 3 is 2.73 bits per heavy atom. The second kappa shape index (κ2) is 4.01. The standard InChI is InChI=1S/C7H14O4/c1-5(8)7(9-2)6-3-10-4-11-6/h5-8H,3-4H2,1-2H3. The van der Waals surface area contributed by atoms with Crippen LogP contribution in [0.2, 0.25) is 0 Å². The van der Waals surface area contributed by atoms with Crippen molar-refractivity contribution in [2.75, 3.05) is 20.5 Å². The molecule has 66 valence electrons. The van der Waals surface area contributed by atoms with Crippen molar-refractivity contribution in [3.05, 3.63) is 0 Å². The highest BCUT2D eigenvalue weighted by Gasteiger charge is 2.29. The van der Waals surface area contributed by atoms with E-state index >= 15 is 0 Å². The van der Waals surface area contributed by atoms with Gasteiger partial charge >= 0.3 is 0 Å². The minimum Gasteiger partial charge on any atom is -0.391 e. The molecule has 1 aliphatic rings. The number of aliphatic hydroxyl groups is 1. The van der Waals surface area contributed by atoms with E-state index in [-0.39, 0.29) is 12.2 Å². The Labute approximate surface area is 66.1 Å². The molecule has 1 fully saturated rings. The second-order valence-corrected chi connectivity index (χ2v) is 2.63. The summed E-state index contributed by atoms with van der Waals surface area (Å²) in [6, 6.07) is 0. The van der Waals surface area contributed by atoms with Crippen molar-refractivity contribution in [1.82, 2.24) is 0 Å². The zero-order valence-corrected chi connectivity index (χ0v) is 6.82. The number of hydrogen-bond acceptors (Lipinski definition) is 4. The molecule has 0 aliphatic carbocycles. The van der Waals surface area contributed by atoms with Crippen molar-refractivity contribution in [3.63, 3.8) is 0 Å². The largest absolute Gasteiger partial charge is 0.391 e. The fourth-order valence-electron chi connectivity index (χ4n) is 1.20. The van der Waals surface area contributed by atoms with E-state index in [1.54, 1.807) is 14.0 Å². The van der Waals surface area contributed by atoms with Crippen molar-refractivity contribution in [1.29, 1.82) is 0 Å². The molecule has 4 nitrogen and oxygen atoms in total. The Kier molecular flexibility index (Phi) is 3.26. The van der Waals surface area contributed by atoms with E-state index in [2.05, 4.69) is 0 Å². The maximum Gasteiger partial charge on any atom is 0.147 e. The third kappa shape index (κ3) is 2.13. The molecule has 1 rings (SSSR count). The van der Waals surface area contributed by atoms with Crippen LogP contribution in [-0.4, -0.2) is 43.9 Å². The summed E-state index contributed by atoms with van der Waals surface area (Å²) in [5.74, 6) is 0. The van der Waals surface area contributed by atoms with Crippen LogP contribution in [0.15, 0.2) is 0 Å². The average Bonchev–Trinajstić information content (AvgIpc) is 2.40. The van der Waals surface area contributed by atoms with Crippen LogP contribution in [0.3, 0.4) is 0 Å². The maximum absolute atomic E-state index is 9.21. The highest BCUT2D eigenvalue weighted by atomic mass is 16.7. The molecule has 0 amide bonds. The summed E-state index contributed by atoms with van der Waals surface area (Å²) in [4.78, 5) is 0. The average molecular weight is 162 g/mol. The summed E-state index contributed by atoms with van der Waals surface area (Å²) in [7, 11) is 1.55. The van der Waals surface area contributed by atoms with Crippen molar-refractivity contribution in [3.8, 4) is 0 Å². The maximum atomic E-state index is 9.21. The van der Waals surface area contributed by atoms with Gasteiger partial charge in [0.25, 0.3) is 0 Å². The fraction of sp³-hybridized carbons (Fsp3) is 1.00. The molecule has 0 aromatic carbocycles. The highest BCUT2D eigenvalue weighted by molar-refractivity contribution is 4.76. The molecule has 0 aromatic rings. The molecule has 3 unspecified atom stereocenters. The summed E-state index contributed by atoms with van der Waals surface area (Å²) in [6.07, 6.45) is -0.927. The first-order valence-electron chi connectivity index (χ1n) is 3.66. The lowest BCUT2D eigenvalue weighted by atomic mass is 10.1. The smallest absolute Gasteiger partial charge is 0.147 e. The minimum absolute atomic E-state index is 0.125. The van der Waals surface area contributed by atoms with Crippen molar-refractivity contribution in [2.24, 2.45) is 0 Å². The molecule has 0 radical (unpaired) electrons. The molecule has 4 heteroatoms. The molecular formula is C7H14O4. The molecular weight excluding hydrogens is 148 g/mol. The molecule has 0 bridgehead atoms. The topological polar surface area (TPSA) is 47.9 Å². The van der Waals surface area contributed by atoms with E-state index < -0.39 is 6.10 Å². The highest BCUT2D eigenvalue weighted by Crippen LogP contribution is 2.13. The third-order valence-electron chi connectivity index (χ3n) is 1.76. The van der Waals surface area contributed by atoms with E-state index in [0.717, 1.165) is 0 Å². The Morgan fingerprint density at radius 1 is 1.64 bits per heavy atom. The van der Waals surface area contributed by atoms with Crippen LogP contribution in [0.5, 0.6) is 0 Å². The molecule has 1 aliphatic heterocycles. The van der Waals surface area contributed by atoms with Crippen molar-refractivity contribution >= 4 is 0 Å². The van der Waals surface area contributed by atoms with E-state index in [4.69, 9.17) is 14.2 Å². The molecule has 11 heavy (non-hydrogen) atoms. The third-order valence-corrected chi connectivity index (χ3v) is 1.76. The molecule has 1 heterocycles. The van der Waals surface area contributed by atoms with Gasteiger partial charge in [0.2, 0.25) is 0 Å². The van der Waals surface area contributed by atoms with Crippen LogP contribution in [0.1, 0.15) is 6.92 Å². The zero-order valence-electron chi connectivity index (χ0n) is 6.82. The Hall–Kier alpha value is -0.160. The van der Waals surface area contributed by atoms with Gasteiger partial charge in [0, 0.05) is 7.11 Å². The number of aliphatic hydroxyl groups excluding tert-OH is 1. The van der Waals surface area contributed by atoms with Crippen LogP contribution >= 0.6 is 0 Å². The van der Waals surface area contributed by atoms with Crippen LogP contribution < -0.4 is 0 Å². The number of ether oxygens (including phenoxy) is 3. The Bertz CT molecular complexity index is 109. The summed E-state index contributed by atoms with van der Waals surface area (Å²) >= 11 is 0. The minimum atomic E-state index is -0.522. The van der Waals surface area contributed by atoms with Gasteiger partial charge < -0.3 is 19.3 Å². The van der Waals surface area contributed by atoms with Gasteiger partial charge in [0.05, 0.1) is 12.7 Å². The van der Waals surface area contributed by atoms with Crippen LogP contribution in [0, 0.1) is 0 Å². The SMILES string of the molecule is COC(C(C)O)C1COCO1. The van der Waals surface area contributed by atoms with Crippen LogP contribution in [0.25, 0.3) is 0 Å². The van der Waals surface area contributed by atoms with Gasteiger partial charge in [-0.1, -0.05) is 0 Å². The molecule has 1 saturated heterocycles. The van der Waals surface area contributed by atoms with E-state index in [9.17, 15) is 5.11 Å². The second-order valence-electron chi connectivity index (χ2n) is 2.63. The van der Waals surface area contributed by atoms with Crippen LogP contribution in [-0.2, 0) is 14.2 Å². The first-order chi connectivity index (χ1) is 5.25. The lowest BCUT2D eigenvalue weighted by Crippen LogP contribution is -2.38. The number of hydrogen-bond donors (Lipinski definition) is 1. The van der Waals surface area contributed by atoms with Gasteiger partial charge in [-0.05, 0) is 6.92 Å². The lowest BCUT2D eigenvalue weighted by molar-refractivity contribution is -0.0806. The zero-order chi connectivity index (χ0) is 8.27. The first kappa shape index (κ1) is 8.93. The predicted octanol–water partition coefficient (Wildman–Crippen LogP) is -0.245. The molecule has 0 saturated carbocycles. The molecule has 1 N–H and O–H groups in total. The quantitative estimate of drug-likeness (QED) is 0.622. The summed E-state index contributed by atoms with van der Waals surface area (Å²) in [5, 5.41) is 9.21. The monoisotopic (exact) mass is 162 g/mol. The van der Waals surface area contributed by atoms with Gasteiger partial charge in [-0.25, -0.2) is 0 Å². The van der Waals surface area contributed by atoms with Crippen LogP contribution in [0.4, 0.5) is 0 Å². The van der Waals surface area contributed by atoms with E-state index in [1.165, 1.54) is 0 Å². The normalized spacial score (nSPS) is 30.3. The van der Waals surface area contributed by atoms with Gasteiger partial charge in [-0.2, -0.15) is 0 Å². The van der Waals surface area contributed by atoms with E-state index in [0.29, 0.717) is 13.4 Å². The van der Waals surface area contributed by atoms with Gasteiger partial charge in [-0.3, -0.25) is 0 Å². The van der Waals surface area contributed by atoms with Gasteiger partial charge in [0.15, 0.2) is 0 Å². The number of methoxy groups -OCH3 is 1. The molecule has 3 atom stereocenters. The fourth-order valence-corrected chi connectivity index (χ4v) is 1.20. The Morgan fingerprint density at radius 2 is 2.36 bits per heavy atom. The van der Waals surface area contributed by atoms with Gasteiger partial charge in [0.1, 0.15) is 19.0 Å². The van der Waals surface area contributed by atoms with Crippen molar-refractivity contribution < 1.29 is 19.3 Å². The summed E-state index contributed by atoms with van der Waals surface area (Å²) < 4.78 is 15.2. The summed E-state index contributed by atoms with van der Waals surface area (Å²) in [5.41, 5.74) is 0. The molecule has 0 spiro atoms. The van der Waals surface area contributed by atoms with Gasteiger partial charge in [-0.15, -0.1) is 0 Å². The van der Waals surface area contributed by atoms with Crippen molar-refractivity contribution in [2.45, 2.75) is 25.2 Å². The summed E-state index contributed by atoms with van der Waals surface area (Å²) in [6.45, 7) is 2.48. The van der Waals surface area contributed by atoms with E-state index in [1.807, 2.05) is 0 Å². The molecule has 0 aromatic heterocycles.